The lowest BCUT2D eigenvalue weighted by Crippen LogP contribution is -1.80. The summed E-state index contributed by atoms with van der Waals surface area (Å²) in [6.07, 6.45) is 0.0513. The zero-order valence-electron chi connectivity index (χ0n) is 5.63. The minimum absolute atomic E-state index is 0.0513. The van der Waals surface area contributed by atoms with Gasteiger partial charge in [-0.1, -0.05) is 35.3 Å². The minimum Gasteiger partial charge on any atom is -0.347 e. The first-order chi connectivity index (χ1) is 5.27. The SMILES string of the molecule is Clc1cccc([C@@H]2O[C@H]2Cl)c1. The average molecular weight is 189 g/mol. The number of epoxide rings is 1. The molecule has 2 rings (SSSR count). The van der Waals surface area contributed by atoms with E-state index in [4.69, 9.17) is 27.9 Å². The number of alkyl halides is 1. The van der Waals surface area contributed by atoms with Crippen LogP contribution in [0.3, 0.4) is 0 Å². The Morgan fingerprint density at radius 3 is 2.64 bits per heavy atom. The average Bonchev–Trinajstić information content (AvgIpc) is 2.67. The van der Waals surface area contributed by atoms with Crippen molar-refractivity contribution in [1.82, 2.24) is 0 Å². The van der Waals surface area contributed by atoms with Crippen LogP contribution in [0.1, 0.15) is 11.7 Å². The van der Waals surface area contributed by atoms with E-state index < -0.39 is 0 Å². The second kappa shape index (κ2) is 2.67. The van der Waals surface area contributed by atoms with Crippen LogP contribution in [0.4, 0.5) is 0 Å². The fourth-order valence-electron chi connectivity index (χ4n) is 1.01. The second-order valence-electron chi connectivity index (χ2n) is 2.46. The van der Waals surface area contributed by atoms with Crippen molar-refractivity contribution in [2.45, 2.75) is 11.7 Å². The summed E-state index contributed by atoms with van der Waals surface area (Å²) in [4.78, 5) is 0. The predicted octanol–water partition coefficient (Wildman–Crippen LogP) is 2.98. The van der Waals surface area contributed by atoms with Gasteiger partial charge in [0.15, 0.2) is 5.56 Å². The molecular formula is C8H6Cl2O. The molecule has 1 aromatic rings. The Morgan fingerprint density at radius 2 is 2.09 bits per heavy atom. The predicted molar refractivity (Wildman–Crippen MR) is 44.9 cm³/mol. The first-order valence-electron chi connectivity index (χ1n) is 3.32. The smallest absolute Gasteiger partial charge is 0.162 e. The van der Waals surface area contributed by atoms with Gasteiger partial charge in [-0.3, -0.25) is 0 Å². The fraction of sp³-hybridized carbons (Fsp3) is 0.250. The topological polar surface area (TPSA) is 12.5 Å². The van der Waals surface area contributed by atoms with Crippen LogP contribution in [0, 0.1) is 0 Å². The zero-order valence-corrected chi connectivity index (χ0v) is 7.14. The van der Waals surface area contributed by atoms with E-state index in [-0.39, 0.29) is 11.7 Å². The third kappa shape index (κ3) is 1.51. The quantitative estimate of drug-likeness (QED) is 0.488. The van der Waals surface area contributed by atoms with Crippen LogP contribution in [0.2, 0.25) is 5.02 Å². The highest BCUT2D eigenvalue weighted by atomic mass is 35.5. The Kier molecular flexibility index (Phi) is 1.80. The van der Waals surface area contributed by atoms with E-state index in [0.717, 1.165) is 10.6 Å². The molecule has 0 N–H and O–H groups in total. The molecule has 1 aromatic carbocycles. The molecule has 0 unspecified atom stereocenters. The highest BCUT2D eigenvalue weighted by Gasteiger charge is 2.38. The summed E-state index contributed by atoms with van der Waals surface area (Å²) in [5, 5.41) is 0.724. The van der Waals surface area contributed by atoms with Crippen molar-refractivity contribution in [1.29, 1.82) is 0 Å². The highest BCUT2D eigenvalue weighted by molar-refractivity contribution is 6.30. The maximum Gasteiger partial charge on any atom is 0.162 e. The van der Waals surface area contributed by atoms with E-state index in [1.165, 1.54) is 0 Å². The Morgan fingerprint density at radius 1 is 1.36 bits per heavy atom. The Hall–Kier alpha value is -0.240. The first-order valence-corrected chi connectivity index (χ1v) is 4.14. The van der Waals surface area contributed by atoms with Gasteiger partial charge in [0.1, 0.15) is 6.10 Å². The van der Waals surface area contributed by atoms with Gasteiger partial charge in [-0.25, -0.2) is 0 Å². The van der Waals surface area contributed by atoms with Crippen molar-refractivity contribution in [2.24, 2.45) is 0 Å². The molecule has 1 saturated heterocycles. The molecule has 0 radical (unpaired) electrons. The van der Waals surface area contributed by atoms with Crippen molar-refractivity contribution in [2.75, 3.05) is 0 Å². The van der Waals surface area contributed by atoms with E-state index in [2.05, 4.69) is 0 Å². The molecule has 0 aromatic heterocycles. The van der Waals surface area contributed by atoms with E-state index in [1.54, 1.807) is 0 Å². The lowest BCUT2D eigenvalue weighted by atomic mass is 10.2. The molecule has 0 bridgehead atoms. The van der Waals surface area contributed by atoms with E-state index in [9.17, 15) is 0 Å². The summed E-state index contributed by atoms with van der Waals surface area (Å²) in [6, 6.07) is 7.55. The molecule has 1 aliphatic heterocycles. The van der Waals surface area contributed by atoms with Gasteiger partial charge in [-0.15, -0.1) is 0 Å². The Balaban J connectivity index is 2.25. The van der Waals surface area contributed by atoms with Gasteiger partial charge in [-0.05, 0) is 17.7 Å². The summed E-state index contributed by atoms with van der Waals surface area (Å²) < 4.78 is 5.06. The van der Waals surface area contributed by atoms with E-state index >= 15 is 0 Å². The van der Waals surface area contributed by atoms with Crippen LogP contribution in [0.15, 0.2) is 24.3 Å². The number of halogens is 2. The molecule has 1 heterocycles. The van der Waals surface area contributed by atoms with E-state index in [0.29, 0.717) is 0 Å². The lowest BCUT2D eigenvalue weighted by Gasteiger charge is -1.94. The molecule has 1 fully saturated rings. The van der Waals surface area contributed by atoms with Crippen molar-refractivity contribution >= 4 is 23.2 Å². The molecule has 2 atom stereocenters. The summed E-state index contributed by atoms with van der Waals surface area (Å²) in [5.41, 5.74) is 0.894. The van der Waals surface area contributed by atoms with Gasteiger partial charge in [0.25, 0.3) is 0 Å². The van der Waals surface area contributed by atoms with Crippen LogP contribution >= 0.6 is 23.2 Å². The van der Waals surface area contributed by atoms with Crippen LogP contribution in [0.5, 0.6) is 0 Å². The van der Waals surface area contributed by atoms with Crippen LogP contribution < -0.4 is 0 Å². The Bertz CT molecular complexity index is 275. The number of hydrogen-bond donors (Lipinski definition) is 0. The molecule has 0 aliphatic carbocycles. The standard InChI is InChI=1S/C8H6Cl2O/c9-6-3-1-2-5(4-6)7-8(10)11-7/h1-4,7-8H/t7-,8+/m0/s1. The number of benzene rings is 1. The van der Waals surface area contributed by atoms with Crippen molar-refractivity contribution in [3.05, 3.63) is 34.9 Å². The summed E-state index contributed by atoms with van der Waals surface area (Å²) in [6.45, 7) is 0. The molecule has 0 saturated carbocycles. The lowest BCUT2D eigenvalue weighted by molar-refractivity contribution is 0.404. The van der Waals surface area contributed by atoms with Crippen LogP contribution in [0.25, 0.3) is 0 Å². The van der Waals surface area contributed by atoms with Crippen LogP contribution in [-0.2, 0) is 4.74 Å². The second-order valence-corrected chi connectivity index (χ2v) is 3.33. The number of ether oxygens (including phenoxy) is 1. The summed E-state index contributed by atoms with van der Waals surface area (Å²) in [5.74, 6) is 0. The number of rotatable bonds is 1. The van der Waals surface area contributed by atoms with Crippen molar-refractivity contribution < 1.29 is 4.74 Å². The van der Waals surface area contributed by atoms with Gasteiger partial charge in [0, 0.05) is 5.02 Å². The molecule has 11 heavy (non-hydrogen) atoms. The van der Waals surface area contributed by atoms with Gasteiger partial charge in [-0.2, -0.15) is 0 Å². The molecule has 1 nitrogen and oxygen atoms in total. The van der Waals surface area contributed by atoms with Gasteiger partial charge >= 0.3 is 0 Å². The normalized spacial score (nSPS) is 28.5. The number of hydrogen-bond acceptors (Lipinski definition) is 1. The molecular weight excluding hydrogens is 183 g/mol. The largest absolute Gasteiger partial charge is 0.347 e. The van der Waals surface area contributed by atoms with E-state index in [1.807, 2.05) is 24.3 Å². The molecule has 58 valence electrons. The fourth-order valence-corrected chi connectivity index (χ4v) is 1.46. The monoisotopic (exact) mass is 188 g/mol. The first kappa shape index (κ1) is 7.41. The minimum atomic E-state index is -0.159. The summed E-state index contributed by atoms with van der Waals surface area (Å²) in [7, 11) is 0. The maximum atomic E-state index is 5.77. The van der Waals surface area contributed by atoms with Gasteiger partial charge < -0.3 is 4.74 Å². The van der Waals surface area contributed by atoms with Crippen molar-refractivity contribution in [3.8, 4) is 0 Å². The highest BCUT2D eigenvalue weighted by Crippen LogP contribution is 2.41. The third-order valence-electron chi connectivity index (χ3n) is 1.62. The third-order valence-corrected chi connectivity index (χ3v) is 2.18. The van der Waals surface area contributed by atoms with Crippen molar-refractivity contribution in [3.63, 3.8) is 0 Å². The van der Waals surface area contributed by atoms with Crippen LogP contribution in [-0.4, -0.2) is 5.56 Å². The Labute approximate surface area is 74.9 Å². The van der Waals surface area contributed by atoms with Gasteiger partial charge in [0.2, 0.25) is 0 Å². The van der Waals surface area contributed by atoms with Gasteiger partial charge in [0.05, 0.1) is 0 Å². The molecule has 1 aliphatic rings. The maximum absolute atomic E-state index is 5.77. The molecule has 0 amide bonds. The molecule has 3 heteroatoms. The zero-order chi connectivity index (χ0) is 7.84. The summed E-state index contributed by atoms with van der Waals surface area (Å²) >= 11 is 11.4. The molecule has 0 spiro atoms.